The SMILES string of the molecule is CC(O)c1cccc(OCC(=O)Nc2ccccc2C(C)(C)C)c1. The van der Waals surface area contributed by atoms with E-state index in [0.717, 1.165) is 16.8 Å². The second-order valence-electron chi connectivity index (χ2n) is 6.88. The Bertz CT molecular complexity index is 702. The number of ether oxygens (including phenoxy) is 1. The third-order valence-corrected chi connectivity index (χ3v) is 3.72. The van der Waals surface area contributed by atoms with Crippen molar-refractivity contribution >= 4 is 11.6 Å². The summed E-state index contributed by atoms with van der Waals surface area (Å²) in [5.74, 6) is 0.349. The molecule has 1 atom stereocenters. The van der Waals surface area contributed by atoms with Gasteiger partial charge in [0.25, 0.3) is 5.91 Å². The minimum atomic E-state index is -0.568. The summed E-state index contributed by atoms with van der Waals surface area (Å²) in [6.45, 7) is 7.93. The Hall–Kier alpha value is -2.33. The number of hydrogen-bond donors (Lipinski definition) is 2. The molecule has 1 amide bonds. The van der Waals surface area contributed by atoms with Crippen LogP contribution in [0.4, 0.5) is 5.69 Å². The van der Waals surface area contributed by atoms with Crippen LogP contribution in [0.2, 0.25) is 0 Å². The van der Waals surface area contributed by atoms with Gasteiger partial charge < -0.3 is 15.2 Å². The van der Waals surface area contributed by atoms with Gasteiger partial charge in [-0.3, -0.25) is 4.79 Å². The molecule has 4 nitrogen and oxygen atoms in total. The van der Waals surface area contributed by atoms with Gasteiger partial charge in [0.2, 0.25) is 0 Å². The second-order valence-corrected chi connectivity index (χ2v) is 6.88. The third kappa shape index (κ3) is 4.83. The molecule has 2 aromatic carbocycles. The molecule has 2 N–H and O–H groups in total. The second kappa shape index (κ2) is 7.49. The number of aliphatic hydroxyl groups excluding tert-OH is 1. The highest BCUT2D eigenvalue weighted by atomic mass is 16.5. The quantitative estimate of drug-likeness (QED) is 0.871. The zero-order chi connectivity index (χ0) is 17.7. The Morgan fingerprint density at radius 3 is 2.54 bits per heavy atom. The maximum absolute atomic E-state index is 12.2. The summed E-state index contributed by atoms with van der Waals surface area (Å²) in [5, 5.41) is 12.5. The first-order chi connectivity index (χ1) is 11.3. The fourth-order valence-electron chi connectivity index (χ4n) is 2.45. The normalized spacial score (nSPS) is 12.5. The van der Waals surface area contributed by atoms with Gasteiger partial charge in [-0.15, -0.1) is 0 Å². The van der Waals surface area contributed by atoms with Crippen molar-refractivity contribution in [2.75, 3.05) is 11.9 Å². The first kappa shape index (κ1) is 18.0. The Morgan fingerprint density at radius 2 is 1.88 bits per heavy atom. The first-order valence-corrected chi connectivity index (χ1v) is 8.07. The van der Waals surface area contributed by atoms with Crippen LogP contribution in [0, 0.1) is 0 Å². The van der Waals surface area contributed by atoms with Crippen molar-refractivity contribution in [3.63, 3.8) is 0 Å². The van der Waals surface area contributed by atoms with Crippen LogP contribution >= 0.6 is 0 Å². The lowest BCUT2D eigenvalue weighted by atomic mass is 9.86. The molecule has 0 heterocycles. The number of aliphatic hydroxyl groups is 1. The summed E-state index contributed by atoms with van der Waals surface area (Å²) in [7, 11) is 0. The van der Waals surface area contributed by atoms with Gasteiger partial charge in [-0.2, -0.15) is 0 Å². The van der Waals surface area contributed by atoms with E-state index in [1.54, 1.807) is 25.1 Å². The standard InChI is InChI=1S/C20H25NO3/c1-14(22)15-8-7-9-16(12-15)24-13-19(23)21-18-11-6-5-10-17(18)20(2,3)4/h5-12,14,22H,13H2,1-4H3,(H,21,23). The van der Waals surface area contributed by atoms with Crippen LogP contribution < -0.4 is 10.1 Å². The van der Waals surface area contributed by atoms with E-state index in [-0.39, 0.29) is 17.9 Å². The number of carbonyl (C=O) groups is 1. The molecule has 0 aromatic heterocycles. The lowest BCUT2D eigenvalue weighted by molar-refractivity contribution is -0.118. The van der Waals surface area contributed by atoms with Crippen molar-refractivity contribution in [1.29, 1.82) is 0 Å². The number of nitrogens with one attached hydrogen (secondary N) is 1. The fraction of sp³-hybridized carbons (Fsp3) is 0.350. The highest BCUT2D eigenvalue weighted by Crippen LogP contribution is 2.29. The van der Waals surface area contributed by atoms with Crippen molar-refractivity contribution in [1.82, 2.24) is 0 Å². The van der Waals surface area contributed by atoms with Gasteiger partial charge in [0.05, 0.1) is 6.10 Å². The van der Waals surface area contributed by atoms with E-state index in [9.17, 15) is 9.90 Å². The molecule has 0 saturated carbocycles. The van der Waals surface area contributed by atoms with Crippen LogP contribution in [-0.4, -0.2) is 17.6 Å². The average molecular weight is 327 g/mol. The number of hydrogen-bond acceptors (Lipinski definition) is 3. The van der Waals surface area contributed by atoms with Crippen LogP contribution in [-0.2, 0) is 10.2 Å². The highest BCUT2D eigenvalue weighted by Gasteiger charge is 2.18. The first-order valence-electron chi connectivity index (χ1n) is 8.07. The minimum absolute atomic E-state index is 0.0592. The van der Waals surface area contributed by atoms with E-state index in [2.05, 4.69) is 26.1 Å². The van der Waals surface area contributed by atoms with E-state index in [1.165, 1.54) is 0 Å². The zero-order valence-corrected chi connectivity index (χ0v) is 14.7. The average Bonchev–Trinajstić information content (AvgIpc) is 2.52. The Balaban J connectivity index is 2.01. The maximum Gasteiger partial charge on any atom is 0.262 e. The van der Waals surface area contributed by atoms with Gasteiger partial charge in [-0.25, -0.2) is 0 Å². The molecule has 4 heteroatoms. The summed E-state index contributed by atoms with van der Waals surface area (Å²) in [6, 6.07) is 14.9. The van der Waals surface area contributed by atoms with Crippen LogP contribution in [0.1, 0.15) is 44.9 Å². The maximum atomic E-state index is 12.2. The van der Waals surface area contributed by atoms with Crippen molar-refractivity contribution in [3.8, 4) is 5.75 Å². The van der Waals surface area contributed by atoms with Crippen molar-refractivity contribution < 1.29 is 14.6 Å². The molecule has 2 aromatic rings. The van der Waals surface area contributed by atoms with E-state index in [1.807, 2.05) is 30.3 Å². The molecule has 24 heavy (non-hydrogen) atoms. The summed E-state index contributed by atoms with van der Waals surface area (Å²) < 4.78 is 5.53. The van der Waals surface area contributed by atoms with Gasteiger partial charge in [0, 0.05) is 5.69 Å². The van der Waals surface area contributed by atoms with Gasteiger partial charge >= 0.3 is 0 Å². The number of anilines is 1. The van der Waals surface area contributed by atoms with Gasteiger partial charge in [-0.1, -0.05) is 51.1 Å². The lowest BCUT2D eigenvalue weighted by Crippen LogP contribution is -2.23. The molecule has 0 spiro atoms. The summed E-state index contributed by atoms with van der Waals surface area (Å²) >= 11 is 0. The van der Waals surface area contributed by atoms with E-state index < -0.39 is 6.10 Å². The molecule has 1 unspecified atom stereocenters. The fourth-order valence-corrected chi connectivity index (χ4v) is 2.45. The number of amides is 1. The zero-order valence-electron chi connectivity index (χ0n) is 14.7. The number of benzene rings is 2. The predicted molar refractivity (Wildman–Crippen MR) is 96.3 cm³/mol. The van der Waals surface area contributed by atoms with Gasteiger partial charge in [-0.05, 0) is 41.7 Å². The Morgan fingerprint density at radius 1 is 1.17 bits per heavy atom. The number of rotatable bonds is 5. The van der Waals surface area contributed by atoms with Crippen LogP contribution in [0.3, 0.4) is 0 Å². The topological polar surface area (TPSA) is 58.6 Å². The van der Waals surface area contributed by atoms with Gasteiger partial charge in [0.1, 0.15) is 5.75 Å². The van der Waals surface area contributed by atoms with Crippen LogP contribution in [0.15, 0.2) is 48.5 Å². The molecular weight excluding hydrogens is 302 g/mol. The summed E-state index contributed by atoms with van der Waals surface area (Å²) in [4.78, 5) is 12.2. The molecule has 0 aliphatic heterocycles. The summed E-state index contributed by atoms with van der Waals surface area (Å²) in [6.07, 6.45) is -0.568. The smallest absolute Gasteiger partial charge is 0.262 e. The van der Waals surface area contributed by atoms with Gasteiger partial charge in [0.15, 0.2) is 6.61 Å². The van der Waals surface area contributed by atoms with Crippen LogP contribution in [0.5, 0.6) is 5.75 Å². The van der Waals surface area contributed by atoms with E-state index in [4.69, 9.17) is 4.74 Å². The molecule has 0 aliphatic carbocycles. The van der Waals surface area contributed by atoms with E-state index in [0.29, 0.717) is 5.75 Å². The lowest BCUT2D eigenvalue weighted by Gasteiger charge is -2.23. The monoisotopic (exact) mass is 327 g/mol. The molecule has 0 radical (unpaired) electrons. The Labute approximate surface area is 143 Å². The Kier molecular flexibility index (Phi) is 5.62. The molecule has 128 valence electrons. The molecule has 2 rings (SSSR count). The van der Waals surface area contributed by atoms with Crippen LogP contribution in [0.25, 0.3) is 0 Å². The number of para-hydroxylation sites is 1. The predicted octanol–water partition coefficient (Wildman–Crippen LogP) is 4.05. The van der Waals surface area contributed by atoms with Crippen molar-refractivity contribution in [2.45, 2.75) is 39.2 Å². The third-order valence-electron chi connectivity index (χ3n) is 3.72. The number of carbonyl (C=O) groups excluding carboxylic acids is 1. The molecule has 0 fully saturated rings. The molecule has 0 bridgehead atoms. The molecule has 0 saturated heterocycles. The van der Waals surface area contributed by atoms with Crippen molar-refractivity contribution in [3.05, 3.63) is 59.7 Å². The summed E-state index contributed by atoms with van der Waals surface area (Å²) in [5.41, 5.74) is 2.58. The molecular formula is C20H25NO3. The molecule has 0 aliphatic rings. The highest BCUT2D eigenvalue weighted by molar-refractivity contribution is 5.92. The van der Waals surface area contributed by atoms with E-state index >= 15 is 0 Å². The largest absolute Gasteiger partial charge is 0.484 e. The minimum Gasteiger partial charge on any atom is -0.484 e. The van der Waals surface area contributed by atoms with Crippen molar-refractivity contribution in [2.24, 2.45) is 0 Å².